The van der Waals surface area contributed by atoms with Gasteiger partial charge in [-0.2, -0.15) is 0 Å². The second kappa shape index (κ2) is 5.55. The minimum absolute atomic E-state index is 0.333. The van der Waals surface area contributed by atoms with Crippen molar-refractivity contribution in [3.8, 4) is 0 Å². The lowest BCUT2D eigenvalue weighted by molar-refractivity contribution is -0.138. The molecular weight excluding hydrogens is 152 g/mol. The van der Waals surface area contributed by atoms with Crippen LogP contribution in [0.2, 0.25) is 0 Å². The number of rotatable bonds is 2. The van der Waals surface area contributed by atoms with Crippen molar-refractivity contribution in [1.82, 2.24) is 0 Å². The van der Waals surface area contributed by atoms with Gasteiger partial charge in [-0.1, -0.05) is 27.2 Å². The Hall–Kier alpha value is -0.0800. The summed E-state index contributed by atoms with van der Waals surface area (Å²) >= 11 is 0. The molecule has 0 aromatic heterocycles. The summed E-state index contributed by atoms with van der Waals surface area (Å²) in [6.45, 7) is 10.8. The summed E-state index contributed by atoms with van der Waals surface area (Å²) < 4.78 is 11.0. The Bertz CT molecular complexity index is 110. The highest BCUT2D eigenvalue weighted by atomic mass is 16.7. The second-order valence-corrected chi connectivity index (χ2v) is 3.24. The lowest BCUT2D eigenvalue weighted by Gasteiger charge is -2.16. The minimum atomic E-state index is -0.333. The fraction of sp³-hybridized carbons (Fsp3) is 1.00. The van der Waals surface area contributed by atoms with Crippen molar-refractivity contribution in [2.45, 2.75) is 59.4 Å². The SMILES string of the molecule is CC.CCCC1COC(C)(C)O1. The molecule has 1 aliphatic rings. The van der Waals surface area contributed by atoms with Crippen LogP contribution in [0.15, 0.2) is 0 Å². The smallest absolute Gasteiger partial charge is 0.163 e. The third kappa shape index (κ3) is 4.07. The van der Waals surface area contributed by atoms with Crippen LogP contribution in [-0.2, 0) is 9.47 Å². The summed E-state index contributed by atoms with van der Waals surface area (Å²) in [6.07, 6.45) is 2.62. The molecule has 0 spiro atoms. The summed E-state index contributed by atoms with van der Waals surface area (Å²) in [4.78, 5) is 0. The van der Waals surface area contributed by atoms with Gasteiger partial charge in [0.2, 0.25) is 0 Å². The Morgan fingerprint density at radius 2 is 1.92 bits per heavy atom. The van der Waals surface area contributed by atoms with Gasteiger partial charge in [0.1, 0.15) is 0 Å². The Kier molecular flexibility index (Phi) is 5.51. The van der Waals surface area contributed by atoms with Crippen LogP contribution in [0.5, 0.6) is 0 Å². The zero-order valence-corrected chi connectivity index (χ0v) is 9.02. The van der Waals surface area contributed by atoms with Crippen LogP contribution in [-0.4, -0.2) is 18.5 Å². The van der Waals surface area contributed by atoms with E-state index in [1.54, 1.807) is 0 Å². The molecule has 1 fully saturated rings. The second-order valence-electron chi connectivity index (χ2n) is 3.24. The fourth-order valence-corrected chi connectivity index (χ4v) is 1.23. The molecule has 0 radical (unpaired) electrons. The Morgan fingerprint density at radius 1 is 1.33 bits per heavy atom. The van der Waals surface area contributed by atoms with Gasteiger partial charge in [0.15, 0.2) is 5.79 Å². The fourth-order valence-electron chi connectivity index (χ4n) is 1.23. The van der Waals surface area contributed by atoms with Gasteiger partial charge in [0.05, 0.1) is 12.7 Å². The van der Waals surface area contributed by atoms with E-state index in [1.807, 2.05) is 27.7 Å². The molecule has 0 saturated carbocycles. The first kappa shape index (κ1) is 11.9. The zero-order chi connectivity index (χ0) is 9.61. The molecular formula is C10H22O2. The Morgan fingerprint density at radius 3 is 2.25 bits per heavy atom. The zero-order valence-electron chi connectivity index (χ0n) is 9.02. The van der Waals surface area contributed by atoms with Crippen molar-refractivity contribution in [3.63, 3.8) is 0 Å². The molecule has 1 heterocycles. The van der Waals surface area contributed by atoms with Crippen molar-refractivity contribution in [2.24, 2.45) is 0 Å². The monoisotopic (exact) mass is 174 g/mol. The first-order valence-electron chi connectivity index (χ1n) is 4.96. The van der Waals surface area contributed by atoms with Crippen LogP contribution < -0.4 is 0 Å². The molecule has 2 heteroatoms. The minimum Gasteiger partial charge on any atom is -0.348 e. The molecule has 1 saturated heterocycles. The first-order valence-corrected chi connectivity index (χ1v) is 4.96. The van der Waals surface area contributed by atoms with Gasteiger partial charge in [-0.25, -0.2) is 0 Å². The predicted molar refractivity (Wildman–Crippen MR) is 51.2 cm³/mol. The molecule has 2 nitrogen and oxygen atoms in total. The number of hydrogen-bond acceptors (Lipinski definition) is 2. The van der Waals surface area contributed by atoms with Crippen molar-refractivity contribution in [1.29, 1.82) is 0 Å². The van der Waals surface area contributed by atoms with Crippen LogP contribution in [0.25, 0.3) is 0 Å². The van der Waals surface area contributed by atoms with Crippen LogP contribution >= 0.6 is 0 Å². The average molecular weight is 174 g/mol. The topological polar surface area (TPSA) is 18.5 Å². The Balaban J connectivity index is 0.000000561. The van der Waals surface area contributed by atoms with Crippen LogP contribution in [0, 0.1) is 0 Å². The quantitative estimate of drug-likeness (QED) is 0.640. The van der Waals surface area contributed by atoms with Gasteiger partial charge in [0.25, 0.3) is 0 Å². The van der Waals surface area contributed by atoms with E-state index in [2.05, 4.69) is 6.92 Å². The van der Waals surface area contributed by atoms with Crippen LogP contribution in [0.4, 0.5) is 0 Å². The molecule has 1 rings (SSSR count). The molecule has 0 aliphatic carbocycles. The third-order valence-corrected chi connectivity index (χ3v) is 1.68. The van der Waals surface area contributed by atoms with E-state index in [0.29, 0.717) is 6.10 Å². The molecule has 0 amide bonds. The maximum Gasteiger partial charge on any atom is 0.163 e. The maximum absolute atomic E-state index is 5.57. The maximum atomic E-state index is 5.57. The third-order valence-electron chi connectivity index (χ3n) is 1.68. The molecule has 1 aliphatic heterocycles. The van der Waals surface area contributed by atoms with Gasteiger partial charge in [-0.05, 0) is 20.3 Å². The average Bonchev–Trinajstić information content (AvgIpc) is 2.35. The van der Waals surface area contributed by atoms with Crippen molar-refractivity contribution < 1.29 is 9.47 Å². The van der Waals surface area contributed by atoms with E-state index in [-0.39, 0.29) is 5.79 Å². The summed E-state index contributed by atoms with van der Waals surface area (Å²) in [7, 11) is 0. The van der Waals surface area contributed by atoms with E-state index in [1.165, 1.54) is 6.42 Å². The highest BCUT2D eigenvalue weighted by Gasteiger charge is 2.31. The highest BCUT2D eigenvalue weighted by Crippen LogP contribution is 2.24. The lowest BCUT2D eigenvalue weighted by Crippen LogP contribution is -2.21. The van der Waals surface area contributed by atoms with Crippen molar-refractivity contribution in [3.05, 3.63) is 0 Å². The molecule has 0 aromatic rings. The molecule has 74 valence electrons. The van der Waals surface area contributed by atoms with Gasteiger partial charge in [-0.3, -0.25) is 0 Å². The van der Waals surface area contributed by atoms with E-state index in [0.717, 1.165) is 13.0 Å². The van der Waals surface area contributed by atoms with Gasteiger partial charge < -0.3 is 9.47 Å². The summed E-state index contributed by atoms with van der Waals surface area (Å²) in [5.41, 5.74) is 0. The molecule has 0 bridgehead atoms. The summed E-state index contributed by atoms with van der Waals surface area (Å²) in [5.74, 6) is -0.333. The molecule has 0 aromatic carbocycles. The van der Waals surface area contributed by atoms with E-state index in [4.69, 9.17) is 9.47 Å². The Labute approximate surface area is 76.3 Å². The van der Waals surface area contributed by atoms with Crippen LogP contribution in [0.1, 0.15) is 47.5 Å². The molecule has 1 unspecified atom stereocenters. The molecule has 12 heavy (non-hydrogen) atoms. The van der Waals surface area contributed by atoms with Gasteiger partial charge in [-0.15, -0.1) is 0 Å². The van der Waals surface area contributed by atoms with Crippen molar-refractivity contribution in [2.75, 3.05) is 6.61 Å². The first-order chi connectivity index (χ1) is 5.64. The summed E-state index contributed by atoms with van der Waals surface area (Å²) in [6, 6.07) is 0. The normalized spacial score (nSPS) is 26.2. The van der Waals surface area contributed by atoms with Gasteiger partial charge >= 0.3 is 0 Å². The molecule has 1 atom stereocenters. The number of hydrogen-bond donors (Lipinski definition) is 0. The van der Waals surface area contributed by atoms with Crippen molar-refractivity contribution >= 4 is 0 Å². The number of ether oxygens (including phenoxy) is 2. The van der Waals surface area contributed by atoms with Gasteiger partial charge in [0, 0.05) is 0 Å². The lowest BCUT2D eigenvalue weighted by atomic mass is 10.2. The molecule has 0 N–H and O–H groups in total. The highest BCUT2D eigenvalue weighted by molar-refractivity contribution is 4.69. The van der Waals surface area contributed by atoms with E-state index in [9.17, 15) is 0 Å². The van der Waals surface area contributed by atoms with E-state index >= 15 is 0 Å². The summed E-state index contributed by atoms with van der Waals surface area (Å²) in [5, 5.41) is 0. The largest absolute Gasteiger partial charge is 0.348 e. The van der Waals surface area contributed by atoms with Crippen LogP contribution in [0.3, 0.4) is 0 Å². The predicted octanol–water partition coefficient (Wildman–Crippen LogP) is 2.96. The van der Waals surface area contributed by atoms with E-state index < -0.39 is 0 Å². The standard InChI is InChI=1S/C8H16O2.C2H6/c1-4-5-7-6-9-8(2,3)10-7;1-2/h7H,4-6H2,1-3H3;1-2H3.